The van der Waals surface area contributed by atoms with Crippen molar-refractivity contribution >= 4 is 5.97 Å². The summed E-state index contributed by atoms with van der Waals surface area (Å²) in [6, 6.07) is 6.36. The van der Waals surface area contributed by atoms with Crippen LogP contribution in [0.2, 0.25) is 0 Å². The Morgan fingerprint density at radius 3 is 3.00 bits per heavy atom. The van der Waals surface area contributed by atoms with Gasteiger partial charge in [0.2, 0.25) is 0 Å². The molecule has 0 radical (unpaired) electrons. The highest BCUT2D eigenvalue weighted by Gasteiger charge is 2.17. The maximum atomic E-state index is 10.8. The Labute approximate surface area is 122 Å². The molecule has 6 nitrogen and oxygen atoms in total. The molecular formula is C15H18N4O2. The van der Waals surface area contributed by atoms with Crippen molar-refractivity contribution in [3.05, 3.63) is 29.3 Å². The van der Waals surface area contributed by atoms with Gasteiger partial charge in [0.15, 0.2) is 5.82 Å². The second kappa shape index (κ2) is 5.63. The number of aromatic nitrogens is 4. The number of rotatable bonds is 5. The maximum absolute atomic E-state index is 10.8. The fraction of sp³-hybridized carbons (Fsp3) is 0.467. The Morgan fingerprint density at radius 2 is 2.19 bits per heavy atom. The molecule has 0 bridgehead atoms. The number of hydrogen-bond donors (Lipinski definition) is 1. The third kappa shape index (κ3) is 2.94. The van der Waals surface area contributed by atoms with Crippen LogP contribution in [0.5, 0.6) is 0 Å². The van der Waals surface area contributed by atoms with Crippen LogP contribution in [-0.2, 0) is 24.2 Å². The molecule has 0 amide bonds. The van der Waals surface area contributed by atoms with Gasteiger partial charge in [0, 0.05) is 18.5 Å². The van der Waals surface area contributed by atoms with Gasteiger partial charge in [-0.2, -0.15) is 0 Å². The van der Waals surface area contributed by atoms with Crippen LogP contribution in [0.4, 0.5) is 0 Å². The van der Waals surface area contributed by atoms with Gasteiger partial charge in [0.25, 0.3) is 0 Å². The molecule has 1 aromatic heterocycles. The van der Waals surface area contributed by atoms with Crippen LogP contribution < -0.4 is 0 Å². The lowest BCUT2D eigenvalue weighted by molar-refractivity contribution is -0.138. The molecule has 0 spiro atoms. The number of hydrogen-bond acceptors (Lipinski definition) is 4. The van der Waals surface area contributed by atoms with Crippen molar-refractivity contribution in [2.45, 2.75) is 39.2 Å². The molecule has 110 valence electrons. The molecule has 1 aliphatic carbocycles. The maximum Gasteiger partial charge on any atom is 0.303 e. The zero-order chi connectivity index (χ0) is 14.8. The first-order chi connectivity index (χ1) is 10.1. The van der Waals surface area contributed by atoms with E-state index in [9.17, 15) is 4.79 Å². The van der Waals surface area contributed by atoms with Crippen molar-refractivity contribution in [1.29, 1.82) is 0 Å². The summed E-state index contributed by atoms with van der Waals surface area (Å²) in [7, 11) is 0. The molecule has 3 rings (SSSR count). The highest BCUT2D eigenvalue weighted by Crippen LogP contribution is 2.27. The Kier molecular flexibility index (Phi) is 3.68. The average molecular weight is 286 g/mol. The number of carboxylic acids is 1. The zero-order valence-corrected chi connectivity index (χ0v) is 12.0. The summed E-state index contributed by atoms with van der Waals surface area (Å²) in [6.45, 7) is 2.40. The molecule has 1 heterocycles. The standard InChI is InChI=1S/C15H18N4O2/c1-10(7-14(20)21)9-19-15(16-17-18-19)13-6-5-11-3-2-4-12(11)8-13/h5-6,8,10H,2-4,7,9H2,1H3,(H,20,21). The predicted octanol–water partition coefficient (Wildman–Crippen LogP) is 1.94. The lowest BCUT2D eigenvalue weighted by atomic mass is 10.1. The van der Waals surface area contributed by atoms with E-state index < -0.39 is 5.97 Å². The summed E-state index contributed by atoms with van der Waals surface area (Å²) in [5.41, 5.74) is 3.79. The fourth-order valence-electron chi connectivity index (χ4n) is 2.90. The van der Waals surface area contributed by atoms with Crippen molar-refractivity contribution in [2.75, 3.05) is 0 Å². The van der Waals surface area contributed by atoms with Crippen molar-refractivity contribution < 1.29 is 9.90 Å². The predicted molar refractivity (Wildman–Crippen MR) is 76.7 cm³/mol. The lowest BCUT2D eigenvalue weighted by Crippen LogP contribution is -2.14. The average Bonchev–Trinajstić information content (AvgIpc) is 3.04. The van der Waals surface area contributed by atoms with E-state index in [-0.39, 0.29) is 12.3 Å². The van der Waals surface area contributed by atoms with E-state index in [0.29, 0.717) is 12.4 Å². The van der Waals surface area contributed by atoms with E-state index in [2.05, 4.69) is 27.7 Å². The molecule has 1 aliphatic rings. The number of carbonyl (C=O) groups is 1. The largest absolute Gasteiger partial charge is 0.481 e. The van der Waals surface area contributed by atoms with E-state index in [1.54, 1.807) is 4.68 Å². The summed E-state index contributed by atoms with van der Waals surface area (Å²) in [5.74, 6) is -0.101. The van der Waals surface area contributed by atoms with Crippen molar-refractivity contribution in [1.82, 2.24) is 20.2 Å². The van der Waals surface area contributed by atoms with E-state index >= 15 is 0 Å². The molecule has 1 aromatic carbocycles. The third-order valence-corrected chi connectivity index (χ3v) is 3.90. The van der Waals surface area contributed by atoms with E-state index in [1.165, 1.54) is 17.5 Å². The monoisotopic (exact) mass is 286 g/mol. The number of aliphatic carboxylic acids is 1. The minimum absolute atomic E-state index is 0.0147. The number of fused-ring (bicyclic) bond motifs is 1. The molecule has 6 heteroatoms. The molecule has 0 aliphatic heterocycles. The SMILES string of the molecule is CC(CC(=O)O)Cn1nnnc1-c1ccc2c(c1)CCC2. The number of carboxylic acid groups (broad SMARTS) is 1. The summed E-state index contributed by atoms with van der Waals surface area (Å²) in [4.78, 5) is 10.8. The molecule has 0 saturated heterocycles. The second-order valence-electron chi connectivity index (χ2n) is 5.72. The summed E-state index contributed by atoms with van der Waals surface area (Å²) >= 11 is 0. The van der Waals surface area contributed by atoms with Gasteiger partial charge in [0.1, 0.15) is 0 Å². The van der Waals surface area contributed by atoms with Crippen LogP contribution in [0.15, 0.2) is 18.2 Å². The molecular weight excluding hydrogens is 268 g/mol. The smallest absolute Gasteiger partial charge is 0.303 e. The molecule has 1 unspecified atom stereocenters. The topological polar surface area (TPSA) is 80.9 Å². The van der Waals surface area contributed by atoms with Gasteiger partial charge in [-0.05, 0) is 52.8 Å². The van der Waals surface area contributed by atoms with Gasteiger partial charge >= 0.3 is 5.97 Å². The fourth-order valence-corrected chi connectivity index (χ4v) is 2.90. The van der Waals surface area contributed by atoms with Crippen LogP contribution in [0.3, 0.4) is 0 Å². The Bertz CT molecular complexity index is 665. The highest BCUT2D eigenvalue weighted by molar-refractivity contribution is 5.67. The number of nitrogens with zero attached hydrogens (tertiary/aromatic N) is 4. The van der Waals surface area contributed by atoms with Crippen LogP contribution in [0.1, 0.15) is 30.9 Å². The Hall–Kier alpha value is -2.24. The molecule has 1 N–H and O–H groups in total. The van der Waals surface area contributed by atoms with E-state index in [4.69, 9.17) is 5.11 Å². The van der Waals surface area contributed by atoms with Gasteiger partial charge in [-0.15, -0.1) is 5.10 Å². The zero-order valence-electron chi connectivity index (χ0n) is 12.0. The second-order valence-corrected chi connectivity index (χ2v) is 5.72. The van der Waals surface area contributed by atoms with Crippen LogP contribution >= 0.6 is 0 Å². The highest BCUT2D eigenvalue weighted by atomic mass is 16.4. The van der Waals surface area contributed by atoms with Gasteiger partial charge in [-0.25, -0.2) is 4.68 Å². The van der Waals surface area contributed by atoms with Gasteiger partial charge in [-0.1, -0.05) is 19.1 Å². The van der Waals surface area contributed by atoms with Crippen LogP contribution in [-0.4, -0.2) is 31.3 Å². The molecule has 2 aromatic rings. The minimum Gasteiger partial charge on any atom is -0.481 e. The van der Waals surface area contributed by atoms with Gasteiger partial charge in [0.05, 0.1) is 0 Å². The summed E-state index contributed by atoms with van der Waals surface area (Å²) in [6.07, 6.45) is 3.58. The first-order valence-corrected chi connectivity index (χ1v) is 7.23. The molecule has 1 atom stereocenters. The Morgan fingerprint density at radius 1 is 1.38 bits per heavy atom. The lowest BCUT2D eigenvalue weighted by Gasteiger charge is -2.10. The summed E-state index contributed by atoms with van der Waals surface area (Å²) < 4.78 is 1.70. The molecule has 21 heavy (non-hydrogen) atoms. The van der Waals surface area contributed by atoms with E-state index in [1.807, 2.05) is 13.0 Å². The normalized spacial score (nSPS) is 14.9. The molecule has 0 saturated carbocycles. The van der Waals surface area contributed by atoms with Crippen LogP contribution in [0, 0.1) is 5.92 Å². The van der Waals surface area contributed by atoms with E-state index in [0.717, 1.165) is 18.4 Å². The van der Waals surface area contributed by atoms with Gasteiger partial charge < -0.3 is 5.11 Å². The van der Waals surface area contributed by atoms with Crippen LogP contribution in [0.25, 0.3) is 11.4 Å². The molecule has 0 fully saturated rings. The van der Waals surface area contributed by atoms with Crippen molar-refractivity contribution in [2.24, 2.45) is 5.92 Å². The van der Waals surface area contributed by atoms with Gasteiger partial charge in [-0.3, -0.25) is 4.79 Å². The summed E-state index contributed by atoms with van der Waals surface area (Å²) in [5, 5.41) is 20.7. The first kappa shape index (κ1) is 13.7. The quantitative estimate of drug-likeness (QED) is 0.908. The number of aryl methyl sites for hydroxylation is 2. The minimum atomic E-state index is -0.797. The Balaban J connectivity index is 1.83. The van der Waals surface area contributed by atoms with Crippen molar-refractivity contribution in [3.63, 3.8) is 0 Å². The number of benzene rings is 1. The first-order valence-electron chi connectivity index (χ1n) is 7.23. The number of tetrazole rings is 1. The third-order valence-electron chi connectivity index (χ3n) is 3.90. The van der Waals surface area contributed by atoms with Crippen molar-refractivity contribution in [3.8, 4) is 11.4 Å².